The van der Waals surface area contributed by atoms with Crippen LogP contribution in [0.25, 0.3) is 16.7 Å². The Morgan fingerprint density at radius 2 is 1.85 bits per heavy atom. The van der Waals surface area contributed by atoms with E-state index in [1.165, 1.54) is 32.1 Å². The molecule has 4 rings (SSSR count). The largest absolute Gasteiger partial charge is 0.352 e. The van der Waals surface area contributed by atoms with Crippen LogP contribution in [0, 0.1) is 12.3 Å². The van der Waals surface area contributed by atoms with Crippen molar-refractivity contribution in [3.63, 3.8) is 0 Å². The number of carbonyl (C=O) groups is 1. The van der Waals surface area contributed by atoms with Crippen molar-refractivity contribution in [2.45, 2.75) is 90.5 Å². The van der Waals surface area contributed by atoms with Gasteiger partial charge in [0.15, 0.2) is 0 Å². The lowest BCUT2D eigenvalue weighted by atomic mass is 9.94. The van der Waals surface area contributed by atoms with Gasteiger partial charge in [-0.1, -0.05) is 64.4 Å². The lowest BCUT2D eigenvalue weighted by Gasteiger charge is -2.26. The molecule has 3 heterocycles. The topological polar surface area (TPSA) is 92.2 Å². The highest BCUT2D eigenvalue weighted by molar-refractivity contribution is 5.96. The number of unbranched alkanes of at least 4 members (excludes halogenated alkanes) is 5. The molecule has 0 radical (unpaired) electrons. The molecule has 1 fully saturated rings. The quantitative estimate of drug-likeness (QED) is 0.344. The van der Waals surface area contributed by atoms with Crippen molar-refractivity contribution in [1.29, 1.82) is 5.41 Å². The third kappa shape index (κ3) is 4.93. The average Bonchev–Trinajstić information content (AvgIpc) is 2.84. The first-order valence-electron chi connectivity index (χ1n) is 12.9. The van der Waals surface area contributed by atoms with Crippen molar-refractivity contribution in [3.8, 4) is 0 Å². The van der Waals surface area contributed by atoms with E-state index in [0.717, 1.165) is 44.1 Å². The first-order valence-corrected chi connectivity index (χ1v) is 12.9. The summed E-state index contributed by atoms with van der Waals surface area (Å²) in [6, 6.07) is 5.43. The summed E-state index contributed by atoms with van der Waals surface area (Å²) in [7, 11) is 0. The summed E-state index contributed by atoms with van der Waals surface area (Å²) >= 11 is 0. The summed E-state index contributed by atoms with van der Waals surface area (Å²) in [6.45, 7) is 4.72. The van der Waals surface area contributed by atoms with Gasteiger partial charge < -0.3 is 9.88 Å². The number of hydrogen-bond donors (Lipinski definition) is 2. The number of nitrogens with one attached hydrogen (secondary N) is 2. The molecule has 182 valence electrons. The summed E-state index contributed by atoms with van der Waals surface area (Å²) in [5, 5.41) is 12.4. The van der Waals surface area contributed by atoms with Crippen LogP contribution in [0.3, 0.4) is 0 Å². The number of fused-ring (bicyclic) bond motifs is 2. The van der Waals surface area contributed by atoms with E-state index >= 15 is 0 Å². The van der Waals surface area contributed by atoms with Gasteiger partial charge in [0.05, 0.1) is 10.9 Å². The molecule has 7 nitrogen and oxygen atoms in total. The van der Waals surface area contributed by atoms with Crippen LogP contribution in [0.2, 0.25) is 0 Å². The van der Waals surface area contributed by atoms with Gasteiger partial charge in [0.1, 0.15) is 16.8 Å². The molecular formula is C27H37N5O2. The van der Waals surface area contributed by atoms with E-state index in [4.69, 9.17) is 10.4 Å². The molecule has 0 bridgehead atoms. The summed E-state index contributed by atoms with van der Waals surface area (Å²) < 4.78 is 3.41. The van der Waals surface area contributed by atoms with E-state index in [1.807, 2.05) is 23.6 Å². The van der Waals surface area contributed by atoms with Crippen molar-refractivity contribution in [1.82, 2.24) is 19.3 Å². The van der Waals surface area contributed by atoms with E-state index < -0.39 is 0 Å². The Kier molecular flexibility index (Phi) is 7.80. The average molecular weight is 464 g/mol. The number of carbonyl (C=O) groups excluding carboxylic acids is 1. The summed E-state index contributed by atoms with van der Waals surface area (Å²) in [4.78, 5) is 31.5. The lowest BCUT2D eigenvalue weighted by Crippen LogP contribution is -2.37. The third-order valence-corrected chi connectivity index (χ3v) is 7.08. The molecule has 0 atom stereocenters. The number of aromatic nitrogens is 3. The maximum absolute atomic E-state index is 13.5. The second kappa shape index (κ2) is 11.0. The summed E-state index contributed by atoms with van der Waals surface area (Å²) in [6.07, 6.45) is 13.8. The van der Waals surface area contributed by atoms with Crippen molar-refractivity contribution >= 4 is 22.6 Å². The van der Waals surface area contributed by atoms with Crippen molar-refractivity contribution in [2.24, 2.45) is 0 Å². The molecule has 1 amide bonds. The first kappa shape index (κ1) is 24.2. The van der Waals surface area contributed by atoms with Crippen molar-refractivity contribution < 1.29 is 4.79 Å². The van der Waals surface area contributed by atoms with Gasteiger partial charge in [-0.3, -0.25) is 19.4 Å². The number of aryl methyl sites for hydroxylation is 1. The van der Waals surface area contributed by atoms with Crippen LogP contribution in [0.4, 0.5) is 0 Å². The van der Waals surface area contributed by atoms with E-state index in [1.54, 1.807) is 16.7 Å². The molecule has 0 aliphatic heterocycles. The second-order valence-corrected chi connectivity index (χ2v) is 9.63. The van der Waals surface area contributed by atoms with E-state index in [-0.39, 0.29) is 28.6 Å². The minimum atomic E-state index is -0.279. The lowest BCUT2D eigenvalue weighted by molar-refractivity contribution is 0.0950. The van der Waals surface area contributed by atoms with Gasteiger partial charge in [0, 0.05) is 18.8 Å². The fourth-order valence-electron chi connectivity index (χ4n) is 5.13. The molecule has 1 saturated carbocycles. The van der Waals surface area contributed by atoms with E-state index in [0.29, 0.717) is 23.2 Å². The normalized spacial score (nSPS) is 14.6. The third-order valence-electron chi connectivity index (χ3n) is 7.08. The second-order valence-electron chi connectivity index (χ2n) is 9.63. The minimum Gasteiger partial charge on any atom is -0.352 e. The van der Waals surface area contributed by atoms with Gasteiger partial charge in [-0.15, -0.1) is 0 Å². The smallest absolute Gasteiger partial charge is 0.267 e. The number of nitrogens with zero attached hydrogens (tertiary/aromatic N) is 3. The number of hydrogen-bond acceptors (Lipinski definition) is 4. The highest BCUT2D eigenvalue weighted by atomic mass is 16.1. The zero-order chi connectivity index (χ0) is 24.1. The molecule has 34 heavy (non-hydrogen) atoms. The Morgan fingerprint density at radius 3 is 2.62 bits per heavy atom. The molecule has 0 saturated heterocycles. The van der Waals surface area contributed by atoms with Crippen molar-refractivity contribution in [3.05, 3.63) is 51.4 Å². The highest BCUT2D eigenvalue weighted by Crippen LogP contribution is 2.29. The van der Waals surface area contributed by atoms with E-state index in [9.17, 15) is 9.59 Å². The van der Waals surface area contributed by atoms with Gasteiger partial charge in [-0.25, -0.2) is 4.98 Å². The molecule has 1 aliphatic rings. The first-order chi connectivity index (χ1) is 16.5. The number of rotatable bonds is 9. The molecule has 3 aromatic heterocycles. The maximum Gasteiger partial charge on any atom is 0.267 e. The van der Waals surface area contributed by atoms with Gasteiger partial charge in [-0.05, 0) is 43.9 Å². The van der Waals surface area contributed by atoms with Crippen LogP contribution < -0.4 is 16.4 Å². The Hall–Kier alpha value is -2.96. The molecule has 0 aromatic carbocycles. The highest BCUT2D eigenvalue weighted by Gasteiger charge is 2.23. The van der Waals surface area contributed by atoms with Crippen LogP contribution in [0.5, 0.6) is 0 Å². The SMILES string of the molecule is CCCCCCCCNC(=O)c1cc2c(=O)n3cccc(C)c3nc2n(C2CCCCC2)c1=N. The Balaban J connectivity index is 1.73. The molecule has 7 heteroatoms. The van der Waals surface area contributed by atoms with Gasteiger partial charge in [0.25, 0.3) is 11.5 Å². The summed E-state index contributed by atoms with van der Waals surface area (Å²) in [5.74, 6) is -0.279. The zero-order valence-corrected chi connectivity index (χ0v) is 20.5. The Bertz CT molecular complexity index is 1280. The van der Waals surface area contributed by atoms with Crippen LogP contribution >= 0.6 is 0 Å². The van der Waals surface area contributed by atoms with Gasteiger partial charge in [0.2, 0.25) is 0 Å². The van der Waals surface area contributed by atoms with Crippen LogP contribution in [0.15, 0.2) is 29.2 Å². The fraction of sp³-hybridized carbons (Fsp3) is 0.556. The zero-order valence-electron chi connectivity index (χ0n) is 20.5. The predicted molar refractivity (Wildman–Crippen MR) is 135 cm³/mol. The van der Waals surface area contributed by atoms with Crippen LogP contribution in [-0.4, -0.2) is 26.4 Å². The molecule has 3 aromatic rings. The molecule has 0 unspecified atom stereocenters. The van der Waals surface area contributed by atoms with Crippen LogP contribution in [0.1, 0.15) is 99.5 Å². The number of pyridine rings is 2. The minimum absolute atomic E-state index is 0.0773. The molecule has 1 aliphatic carbocycles. The Morgan fingerprint density at radius 1 is 1.12 bits per heavy atom. The van der Waals surface area contributed by atoms with Gasteiger partial charge in [-0.2, -0.15) is 0 Å². The molecular weight excluding hydrogens is 426 g/mol. The molecule has 0 spiro atoms. The summed E-state index contributed by atoms with van der Waals surface area (Å²) in [5.41, 5.74) is 2.25. The Labute approximate surface area is 200 Å². The van der Waals surface area contributed by atoms with Crippen LogP contribution in [-0.2, 0) is 0 Å². The fourth-order valence-corrected chi connectivity index (χ4v) is 5.13. The van der Waals surface area contributed by atoms with Crippen molar-refractivity contribution in [2.75, 3.05) is 6.54 Å². The maximum atomic E-state index is 13.5. The molecule has 2 N–H and O–H groups in total. The monoisotopic (exact) mass is 463 g/mol. The standard InChI is InChI=1S/C27H37N5O2/c1-3-4-5-6-7-11-16-29-26(33)21-18-22-25(32(23(21)28)20-14-9-8-10-15-20)30-24-19(2)13-12-17-31(24)27(22)34/h12-13,17-18,20,28H,3-11,14-16H2,1-2H3,(H,29,33). The number of amides is 1. The predicted octanol–water partition coefficient (Wildman–Crippen LogP) is 5.03. The van der Waals surface area contributed by atoms with Gasteiger partial charge >= 0.3 is 0 Å². The van der Waals surface area contributed by atoms with E-state index in [2.05, 4.69) is 12.2 Å².